The van der Waals surface area contributed by atoms with Crippen LogP contribution in [-0.4, -0.2) is 11.9 Å². The van der Waals surface area contributed by atoms with Crippen LogP contribution in [0.5, 0.6) is 0 Å². The van der Waals surface area contributed by atoms with E-state index < -0.39 is 0 Å². The van der Waals surface area contributed by atoms with Crippen LogP contribution in [0.2, 0.25) is 0 Å². The molecule has 17 heavy (non-hydrogen) atoms. The van der Waals surface area contributed by atoms with Gasteiger partial charge in [0, 0.05) is 24.3 Å². The predicted molar refractivity (Wildman–Crippen MR) is 71.2 cm³/mol. The van der Waals surface area contributed by atoms with Crippen molar-refractivity contribution in [1.29, 1.82) is 0 Å². The van der Waals surface area contributed by atoms with Crippen LogP contribution < -0.4 is 10.6 Å². The van der Waals surface area contributed by atoms with Gasteiger partial charge in [-0.05, 0) is 37.1 Å². The van der Waals surface area contributed by atoms with Crippen LogP contribution >= 0.6 is 0 Å². The Morgan fingerprint density at radius 1 is 1.06 bits per heavy atom. The summed E-state index contributed by atoms with van der Waals surface area (Å²) in [4.78, 5) is 10.9. The zero-order chi connectivity index (χ0) is 12.1. The van der Waals surface area contributed by atoms with Crippen LogP contribution in [0.4, 0.5) is 11.4 Å². The van der Waals surface area contributed by atoms with Gasteiger partial charge in [-0.15, -0.1) is 0 Å². The smallest absolute Gasteiger partial charge is 0.221 e. The number of hydrogen-bond donors (Lipinski definition) is 2. The lowest BCUT2D eigenvalue weighted by Crippen LogP contribution is -2.22. The van der Waals surface area contributed by atoms with E-state index in [9.17, 15) is 4.79 Å². The number of nitrogens with one attached hydrogen (secondary N) is 2. The quantitative estimate of drug-likeness (QED) is 0.838. The molecular weight excluding hydrogens is 212 g/mol. The van der Waals surface area contributed by atoms with E-state index in [0.717, 1.165) is 11.4 Å². The van der Waals surface area contributed by atoms with Crippen LogP contribution in [0.1, 0.15) is 39.0 Å². The normalized spacial score (nSPS) is 16.5. The molecular formula is C14H20N2O. The second-order valence-electron chi connectivity index (χ2n) is 4.74. The standard InChI is InChI=1S/C14H20N2O/c1-11(17)15-13-7-9-14(10-8-13)16-12-5-3-2-4-6-12/h7-10,12,16H,2-6H2,1H3,(H,15,17). The van der Waals surface area contributed by atoms with Gasteiger partial charge in [-0.1, -0.05) is 19.3 Å². The lowest BCUT2D eigenvalue weighted by atomic mass is 9.95. The molecule has 3 heteroatoms. The Morgan fingerprint density at radius 3 is 2.24 bits per heavy atom. The van der Waals surface area contributed by atoms with Crippen LogP contribution in [0.25, 0.3) is 0 Å². The first-order valence-electron chi connectivity index (χ1n) is 6.38. The number of carbonyl (C=O) groups is 1. The molecule has 1 aromatic carbocycles. The number of carbonyl (C=O) groups excluding carboxylic acids is 1. The number of anilines is 2. The second-order valence-corrected chi connectivity index (χ2v) is 4.74. The molecule has 1 aromatic rings. The Kier molecular flexibility index (Phi) is 4.02. The minimum absolute atomic E-state index is 0.0296. The van der Waals surface area contributed by atoms with E-state index in [1.165, 1.54) is 39.0 Å². The molecule has 1 fully saturated rings. The van der Waals surface area contributed by atoms with Gasteiger partial charge in [-0.25, -0.2) is 0 Å². The number of benzene rings is 1. The van der Waals surface area contributed by atoms with Crippen molar-refractivity contribution in [2.45, 2.75) is 45.1 Å². The summed E-state index contributed by atoms with van der Waals surface area (Å²) in [6.45, 7) is 1.52. The summed E-state index contributed by atoms with van der Waals surface area (Å²) in [7, 11) is 0. The maximum Gasteiger partial charge on any atom is 0.221 e. The first-order chi connectivity index (χ1) is 8.24. The molecule has 1 amide bonds. The van der Waals surface area contributed by atoms with E-state index in [1.807, 2.05) is 24.3 Å². The van der Waals surface area contributed by atoms with Crippen molar-refractivity contribution in [3.63, 3.8) is 0 Å². The summed E-state index contributed by atoms with van der Waals surface area (Å²) in [6.07, 6.45) is 6.59. The maximum absolute atomic E-state index is 10.9. The molecule has 0 spiro atoms. The molecule has 0 bridgehead atoms. The van der Waals surface area contributed by atoms with E-state index in [4.69, 9.17) is 0 Å². The van der Waals surface area contributed by atoms with Crippen molar-refractivity contribution in [2.75, 3.05) is 10.6 Å². The minimum atomic E-state index is -0.0296. The fourth-order valence-corrected chi connectivity index (χ4v) is 2.34. The summed E-state index contributed by atoms with van der Waals surface area (Å²) < 4.78 is 0. The lowest BCUT2D eigenvalue weighted by molar-refractivity contribution is -0.114. The molecule has 1 aliphatic carbocycles. The zero-order valence-corrected chi connectivity index (χ0v) is 10.3. The minimum Gasteiger partial charge on any atom is -0.382 e. The second kappa shape index (κ2) is 5.71. The van der Waals surface area contributed by atoms with Gasteiger partial charge >= 0.3 is 0 Å². The average Bonchev–Trinajstić information content (AvgIpc) is 2.32. The van der Waals surface area contributed by atoms with Crippen LogP contribution in [0.15, 0.2) is 24.3 Å². The average molecular weight is 232 g/mol. The van der Waals surface area contributed by atoms with E-state index in [2.05, 4.69) is 10.6 Å². The SMILES string of the molecule is CC(=O)Nc1ccc(NC2CCCCC2)cc1. The Hall–Kier alpha value is -1.51. The van der Waals surface area contributed by atoms with Gasteiger partial charge in [0.15, 0.2) is 0 Å². The van der Waals surface area contributed by atoms with Gasteiger partial charge < -0.3 is 10.6 Å². The van der Waals surface area contributed by atoms with Crippen LogP contribution in [0, 0.1) is 0 Å². The van der Waals surface area contributed by atoms with E-state index in [0.29, 0.717) is 6.04 Å². The predicted octanol–water partition coefficient (Wildman–Crippen LogP) is 3.39. The summed E-state index contributed by atoms with van der Waals surface area (Å²) in [5.74, 6) is -0.0296. The third kappa shape index (κ3) is 3.77. The topological polar surface area (TPSA) is 41.1 Å². The summed E-state index contributed by atoms with van der Waals surface area (Å²) >= 11 is 0. The Bertz CT molecular complexity index is 366. The van der Waals surface area contributed by atoms with E-state index in [-0.39, 0.29) is 5.91 Å². The molecule has 0 unspecified atom stereocenters. The number of amides is 1. The number of hydrogen-bond acceptors (Lipinski definition) is 2. The molecule has 0 aromatic heterocycles. The van der Waals surface area contributed by atoms with Crippen molar-refractivity contribution in [3.05, 3.63) is 24.3 Å². The summed E-state index contributed by atoms with van der Waals surface area (Å²) in [6, 6.07) is 8.55. The van der Waals surface area contributed by atoms with E-state index >= 15 is 0 Å². The molecule has 1 saturated carbocycles. The van der Waals surface area contributed by atoms with Gasteiger partial charge in [0.2, 0.25) is 5.91 Å². The number of rotatable bonds is 3. The molecule has 2 rings (SSSR count). The molecule has 3 nitrogen and oxygen atoms in total. The van der Waals surface area contributed by atoms with Crippen molar-refractivity contribution in [1.82, 2.24) is 0 Å². The Balaban J connectivity index is 1.90. The highest BCUT2D eigenvalue weighted by Crippen LogP contribution is 2.22. The van der Waals surface area contributed by atoms with Gasteiger partial charge in [-0.3, -0.25) is 4.79 Å². The van der Waals surface area contributed by atoms with Crippen molar-refractivity contribution < 1.29 is 4.79 Å². The van der Waals surface area contributed by atoms with Gasteiger partial charge in [-0.2, -0.15) is 0 Å². The van der Waals surface area contributed by atoms with Gasteiger partial charge in [0.25, 0.3) is 0 Å². The highest BCUT2D eigenvalue weighted by molar-refractivity contribution is 5.88. The summed E-state index contributed by atoms with van der Waals surface area (Å²) in [5, 5.41) is 6.32. The third-order valence-corrected chi connectivity index (χ3v) is 3.18. The monoisotopic (exact) mass is 232 g/mol. The van der Waals surface area contributed by atoms with E-state index in [1.54, 1.807) is 0 Å². The molecule has 2 N–H and O–H groups in total. The first kappa shape index (κ1) is 12.0. The molecule has 0 radical (unpaired) electrons. The molecule has 0 saturated heterocycles. The van der Waals surface area contributed by atoms with Gasteiger partial charge in [0.1, 0.15) is 0 Å². The first-order valence-corrected chi connectivity index (χ1v) is 6.38. The van der Waals surface area contributed by atoms with Crippen LogP contribution in [-0.2, 0) is 4.79 Å². The lowest BCUT2D eigenvalue weighted by Gasteiger charge is -2.23. The summed E-state index contributed by atoms with van der Waals surface area (Å²) in [5.41, 5.74) is 2.00. The highest BCUT2D eigenvalue weighted by atomic mass is 16.1. The third-order valence-electron chi connectivity index (χ3n) is 3.18. The molecule has 1 aliphatic rings. The molecule has 0 aliphatic heterocycles. The fraction of sp³-hybridized carbons (Fsp3) is 0.500. The molecule has 0 heterocycles. The fourth-order valence-electron chi connectivity index (χ4n) is 2.34. The van der Waals surface area contributed by atoms with Crippen molar-refractivity contribution >= 4 is 17.3 Å². The van der Waals surface area contributed by atoms with Crippen molar-refractivity contribution in [3.8, 4) is 0 Å². The Morgan fingerprint density at radius 2 is 1.65 bits per heavy atom. The van der Waals surface area contributed by atoms with Crippen LogP contribution in [0.3, 0.4) is 0 Å². The molecule has 92 valence electrons. The largest absolute Gasteiger partial charge is 0.382 e. The zero-order valence-electron chi connectivity index (χ0n) is 10.3. The van der Waals surface area contributed by atoms with Crippen molar-refractivity contribution in [2.24, 2.45) is 0 Å². The molecule has 0 atom stereocenters. The Labute approximate surface area is 103 Å². The maximum atomic E-state index is 10.9. The highest BCUT2D eigenvalue weighted by Gasteiger charge is 2.12. The van der Waals surface area contributed by atoms with Gasteiger partial charge in [0.05, 0.1) is 0 Å².